The Morgan fingerprint density at radius 3 is 2.75 bits per heavy atom. The maximum atomic E-state index is 4.30. The van der Waals surface area contributed by atoms with Gasteiger partial charge in [-0.25, -0.2) is 4.98 Å². The Labute approximate surface area is 86.7 Å². The zero-order valence-electron chi connectivity index (χ0n) is 6.21. The van der Waals surface area contributed by atoms with Crippen molar-refractivity contribution in [1.29, 1.82) is 0 Å². The summed E-state index contributed by atoms with van der Waals surface area (Å²) in [7, 11) is 0. The number of H-pyrrole nitrogens is 1. The molecule has 0 saturated carbocycles. The SMILES string of the molecule is SCc1nc2ccccc2[nH]1.[Cu]. The molecule has 1 N–H and O–H groups in total. The number of imidazole rings is 1. The quantitative estimate of drug-likeness (QED) is 0.566. The predicted molar refractivity (Wildman–Crippen MR) is 48.8 cm³/mol. The van der Waals surface area contributed by atoms with Crippen molar-refractivity contribution in [2.24, 2.45) is 0 Å². The number of aromatic nitrogens is 2. The van der Waals surface area contributed by atoms with Crippen molar-refractivity contribution in [3.8, 4) is 0 Å². The Morgan fingerprint density at radius 2 is 2.08 bits per heavy atom. The summed E-state index contributed by atoms with van der Waals surface area (Å²) in [6, 6.07) is 7.96. The molecule has 2 nitrogen and oxygen atoms in total. The molecule has 1 radical (unpaired) electrons. The fourth-order valence-electron chi connectivity index (χ4n) is 1.08. The van der Waals surface area contributed by atoms with Crippen LogP contribution in [0.1, 0.15) is 5.82 Å². The second kappa shape index (κ2) is 3.99. The molecule has 0 atom stereocenters. The van der Waals surface area contributed by atoms with Gasteiger partial charge in [0.25, 0.3) is 0 Å². The zero-order valence-corrected chi connectivity index (χ0v) is 8.05. The molecular weight excluding hydrogens is 220 g/mol. The number of para-hydroxylation sites is 2. The summed E-state index contributed by atoms with van der Waals surface area (Å²) in [5.74, 6) is 1.59. The molecule has 1 aromatic heterocycles. The van der Waals surface area contributed by atoms with Crippen molar-refractivity contribution >= 4 is 23.7 Å². The molecule has 1 heterocycles. The largest absolute Gasteiger partial charge is 0.341 e. The molecule has 0 amide bonds. The molecule has 2 rings (SSSR count). The number of rotatable bonds is 1. The van der Waals surface area contributed by atoms with Crippen molar-refractivity contribution < 1.29 is 17.1 Å². The summed E-state index contributed by atoms with van der Waals surface area (Å²) < 4.78 is 0. The van der Waals surface area contributed by atoms with E-state index in [9.17, 15) is 0 Å². The zero-order chi connectivity index (χ0) is 7.68. The van der Waals surface area contributed by atoms with Crippen molar-refractivity contribution in [3.05, 3.63) is 30.1 Å². The van der Waals surface area contributed by atoms with Gasteiger partial charge in [-0.1, -0.05) is 12.1 Å². The van der Waals surface area contributed by atoms with Gasteiger partial charge >= 0.3 is 0 Å². The maximum absolute atomic E-state index is 4.30. The molecule has 0 saturated heterocycles. The molecular formula is C8H8CuN2S. The Balaban J connectivity index is 0.000000720. The minimum absolute atomic E-state index is 0. The molecule has 0 aliphatic heterocycles. The fraction of sp³-hybridized carbons (Fsp3) is 0.125. The number of hydrogen-bond acceptors (Lipinski definition) is 2. The van der Waals surface area contributed by atoms with E-state index in [0.717, 1.165) is 16.9 Å². The monoisotopic (exact) mass is 227 g/mol. The van der Waals surface area contributed by atoms with E-state index in [-0.39, 0.29) is 17.1 Å². The molecule has 0 aliphatic carbocycles. The van der Waals surface area contributed by atoms with E-state index >= 15 is 0 Å². The van der Waals surface area contributed by atoms with Gasteiger partial charge in [0.15, 0.2) is 0 Å². The normalized spacial score (nSPS) is 9.75. The number of fused-ring (bicyclic) bond motifs is 1. The van der Waals surface area contributed by atoms with Gasteiger partial charge in [-0.3, -0.25) is 0 Å². The number of thiol groups is 1. The molecule has 0 fully saturated rings. The topological polar surface area (TPSA) is 28.7 Å². The Kier molecular flexibility index (Phi) is 3.20. The molecule has 0 bridgehead atoms. The number of aromatic amines is 1. The Morgan fingerprint density at radius 1 is 1.33 bits per heavy atom. The predicted octanol–water partition coefficient (Wildman–Crippen LogP) is 1.99. The van der Waals surface area contributed by atoms with Gasteiger partial charge in [-0.15, -0.1) is 0 Å². The van der Waals surface area contributed by atoms with Gasteiger partial charge in [-0.05, 0) is 12.1 Å². The molecule has 67 valence electrons. The molecule has 0 aliphatic rings. The van der Waals surface area contributed by atoms with Crippen LogP contribution in [0.25, 0.3) is 11.0 Å². The minimum Gasteiger partial charge on any atom is -0.341 e. The van der Waals surface area contributed by atoms with E-state index in [1.807, 2.05) is 24.3 Å². The minimum atomic E-state index is 0. The molecule has 0 spiro atoms. The first-order valence-electron chi connectivity index (χ1n) is 3.44. The third kappa shape index (κ3) is 1.66. The molecule has 12 heavy (non-hydrogen) atoms. The number of nitrogens with zero attached hydrogens (tertiary/aromatic N) is 1. The van der Waals surface area contributed by atoms with Crippen LogP contribution in [0.15, 0.2) is 24.3 Å². The van der Waals surface area contributed by atoms with Crippen LogP contribution in [0.4, 0.5) is 0 Å². The first-order chi connectivity index (χ1) is 5.40. The summed E-state index contributed by atoms with van der Waals surface area (Å²) in [6.07, 6.45) is 0. The average Bonchev–Trinajstić information content (AvgIpc) is 2.46. The second-order valence-corrected chi connectivity index (χ2v) is 2.67. The van der Waals surface area contributed by atoms with E-state index < -0.39 is 0 Å². The summed E-state index contributed by atoms with van der Waals surface area (Å²) >= 11 is 4.13. The molecule has 4 heteroatoms. The van der Waals surface area contributed by atoms with Gasteiger partial charge in [0.2, 0.25) is 0 Å². The number of nitrogens with one attached hydrogen (secondary N) is 1. The summed E-state index contributed by atoms with van der Waals surface area (Å²) in [4.78, 5) is 7.46. The third-order valence-corrected chi connectivity index (χ3v) is 1.89. The summed E-state index contributed by atoms with van der Waals surface area (Å²) in [5, 5.41) is 0. The summed E-state index contributed by atoms with van der Waals surface area (Å²) in [6.45, 7) is 0. The van der Waals surface area contributed by atoms with Crippen molar-refractivity contribution in [3.63, 3.8) is 0 Å². The van der Waals surface area contributed by atoms with Gasteiger partial charge in [-0.2, -0.15) is 12.6 Å². The van der Waals surface area contributed by atoms with E-state index in [2.05, 4.69) is 22.6 Å². The standard InChI is InChI=1S/C8H8N2S.Cu/c11-5-8-9-6-3-1-2-4-7(6)10-8;/h1-4,11H,5H2,(H,9,10);. The van der Waals surface area contributed by atoms with Crippen LogP contribution in [0.2, 0.25) is 0 Å². The van der Waals surface area contributed by atoms with Crippen LogP contribution >= 0.6 is 12.6 Å². The van der Waals surface area contributed by atoms with E-state index in [4.69, 9.17) is 0 Å². The molecule has 1 aromatic carbocycles. The fourth-order valence-corrected chi connectivity index (χ4v) is 1.23. The van der Waals surface area contributed by atoms with Crippen LogP contribution in [-0.4, -0.2) is 9.97 Å². The number of hydrogen-bond donors (Lipinski definition) is 2. The second-order valence-electron chi connectivity index (χ2n) is 2.36. The van der Waals surface area contributed by atoms with Crippen LogP contribution < -0.4 is 0 Å². The number of benzene rings is 1. The third-order valence-electron chi connectivity index (χ3n) is 1.59. The smallest absolute Gasteiger partial charge is 0.116 e. The van der Waals surface area contributed by atoms with Crippen LogP contribution in [0, 0.1) is 0 Å². The molecule has 2 aromatic rings. The Bertz CT molecular complexity index is 339. The maximum Gasteiger partial charge on any atom is 0.116 e. The van der Waals surface area contributed by atoms with E-state index in [0.29, 0.717) is 5.75 Å². The van der Waals surface area contributed by atoms with Crippen molar-refractivity contribution in [2.75, 3.05) is 0 Å². The first-order valence-corrected chi connectivity index (χ1v) is 4.08. The van der Waals surface area contributed by atoms with E-state index in [1.54, 1.807) is 0 Å². The average molecular weight is 228 g/mol. The van der Waals surface area contributed by atoms with Crippen molar-refractivity contribution in [1.82, 2.24) is 9.97 Å². The first kappa shape index (κ1) is 9.65. The summed E-state index contributed by atoms with van der Waals surface area (Å²) in [5.41, 5.74) is 2.09. The van der Waals surface area contributed by atoms with Gasteiger partial charge in [0.05, 0.1) is 11.0 Å². The van der Waals surface area contributed by atoms with Crippen LogP contribution in [-0.2, 0) is 22.8 Å². The van der Waals surface area contributed by atoms with Gasteiger partial charge in [0, 0.05) is 22.8 Å². The van der Waals surface area contributed by atoms with Crippen molar-refractivity contribution in [2.45, 2.75) is 5.75 Å². The van der Waals surface area contributed by atoms with Crippen LogP contribution in [0.3, 0.4) is 0 Å². The van der Waals surface area contributed by atoms with Crippen LogP contribution in [0.5, 0.6) is 0 Å². The van der Waals surface area contributed by atoms with Gasteiger partial charge < -0.3 is 4.98 Å². The molecule has 0 unspecified atom stereocenters. The Hall–Kier alpha value is -0.441. The van der Waals surface area contributed by atoms with E-state index in [1.165, 1.54) is 0 Å². The van der Waals surface area contributed by atoms with Gasteiger partial charge in [0.1, 0.15) is 5.82 Å².